The predicted octanol–water partition coefficient (Wildman–Crippen LogP) is 3.01. The van der Waals surface area contributed by atoms with E-state index in [2.05, 4.69) is 10.1 Å². The molecular formula is C18H23N3O3. The summed E-state index contributed by atoms with van der Waals surface area (Å²) in [6.45, 7) is 5.85. The summed E-state index contributed by atoms with van der Waals surface area (Å²) in [4.78, 5) is 18.7. The van der Waals surface area contributed by atoms with E-state index in [1.807, 2.05) is 26.0 Å². The molecule has 0 N–H and O–H groups in total. The average molecular weight is 329 g/mol. The van der Waals surface area contributed by atoms with E-state index < -0.39 is 0 Å². The van der Waals surface area contributed by atoms with Crippen LogP contribution in [0.2, 0.25) is 0 Å². The molecule has 1 fully saturated rings. The molecule has 0 bridgehead atoms. The summed E-state index contributed by atoms with van der Waals surface area (Å²) in [6, 6.07) is 5.57. The fourth-order valence-electron chi connectivity index (χ4n) is 2.79. The van der Waals surface area contributed by atoms with Crippen molar-refractivity contribution < 1.29 is 14.1 Å². The molecule has 0 spiro atoms. The molecule has 2 aromatic heterocycles. The van der Waals surface area contributed by atoms with Crippen molar-refractivity contribution in [3.05, 3.63) is 47.6 Å². The van der Waals surface area contributed by atoms with Gasteiger partial charge in [0.1, 0.15) is 5.76 Å². The summed E-state index contributed by atoms with van der Waals surface area (Å²) in [6.07, 6.45) is 5.58. The summed E-state index contributed by atoms with van der Waals surface area (Å²) in [5, 5.41) is 3.96. The third kappa shape index (κ3) is 4.00. The zero-order valence-electron chi connectivity index (χ0n) is 14.1. The molecule has 1 saturated heterocycles. The van der Waals surface area contributed by atoms with Gasteiger partial charge in [-0.3, -0.25) is 9.78 Å². The van der Waals surface area contributed by atoms with E-state index in [1.165, 1.54) is 0 Å². The van der Waals surface area contributed by atoms with Gasteiger partial charge in [-0.25, -0.2) is 0 Å². The lowest BCUT2D eigenvalue weighted by Crippen LogP contribution is -2.37. The Balaban J connectivity index is 1.77. The fraction of sp³-hybridized carbons (Fsp3) is 0.500. The standard InChI is InChI=1S/C18H23N3O3/c1-13(2)17-10-16(20-24-17)18(22)21(12-15-4-3-9-23-15)11-14-5-7-19-8-6-14/h5-8,10,13,15H,3-4,9,11-12H2,1-2H3/t15-/m1/s1. The monoisotopic (exact) mass is 329 g/mol. The van der Waals surface area contributed by atoms with Crippen molar-refractivity contribution >= 4 is 5.91 Å². The highest BCUT2D eigenvalue weighted by Crippen LogP contribution is 2.19. The van der Waals surface area contributed by atoms with Crippen molar-refractivity contribution in [2.75, 3.05) is 13.2 Å². The van der Waals surface area contributed by atoms with Crippen LogP contribution < -0.4 is 0 Å². The Morgan fingerprint density at radius 1 is 1.38 bits per heavy atom. The first-order valence-corrected chi connectivity index (χ1v) is 8.40. The fourth-order valence-corrected chi connectivity index (χ4v) is 2.79. The van der Waals surface area contributed by atoms with Gasteiger partial charge in [-0.1, -0.05) is 19.0 Å². The maximum atomic E-state index is 12.9. The number of hydrogen-bond donors (Lipinski definition) is 0. The quantitative estimate of drug-likeness (QED) is 0.815. The Labute approximate surface area is 141 Å². The van der Waals surface area contributed by atoms with Gasteiger partial charge >= 0.3 is 0 Å². The topological polar surface area (TPSA) is 68.5 Å². The number of carbonyl (C=O) groups is 1. The molecule has 0 aliphatic carbocycles. The molecule has 0 saturated carbocycles. The Morgan fingerprint density at radius 2 is 2.17 bits per heavy atom. The van der Waals surface area contributed by atoms with E-state index in [1.54, 1.807) is 23.4 Å². The molecule has 1 aliphatic rings. The van der Waals surface area contributed by atoms with E-state index in [9.17, 15) is 4.79 Å². The normalized spacial score (nSPS) is 17.4. The van der Waals surface area contributed by atoms with Gasteiger partial charge in [0.2, 0.25) is 0 Å². The van der Waals surface area contributed by atoms with Gasteiger partial charge in [0.15, 0.2) is 5.69 Å². The van der Waals surface area contributed by atoms with Crippen molar-refractivity contribution in [2.45, 2.75) is 45.3 Å². The molecular weight excluding hydrogens is 306 g/mol. The van der Waals surface area contributed by atoms with E-state index in [-0.39, 0.29) is 17.9 Å². The number of rotatable bonds is 6. The minimum atomic E-state index is -0.127. The molecule has 3 rings (SSSR count). The summed E-state index contributed by atoms with van der Waals surface area (Å²) in [5.74, 6) is 0.795. The van der Waals surface area contributed by atoms with Crippen LogP contribution in [0.3, 0.4) is 0 Å². The SMILES string of the molecule is CC(C)c1cc(C(=O)N(Cc2ccncc2)C[C@H]2CCCO2)no1. The second-order valence-electron chi connectivity index (χ2n) is 6.45. The Morgan fingerprint density at radius 3 is 2.79 bits per heavy atom. The molecule has 6 heteroatoms. The second-order valence-corrected chi connectivity index (χ2v) is 6.45. The number of amides is 1. The highest BCUT2D eigenvalue weighted by Gasteiger charge is 2.26. The zero-order valence-corrected chi connectivity index (χ0v) is 14.1. The Bertz CT molecular complexity index is 663. The van der Waals surface area contributed by atoms with E-state index in [0.29, 0.717) is 18.8 Å². The van der Waals surface area contributed by atoms with Gasteiger partial charge < -0.3 is 14.2 Å². The van der Waals surface area contributed by atoms with E-state index in [4.69, 9.17) is 9.26 Å². The van der Waals surface area contributed by atoms with Crippen molar-refractivity contribution in [1.29, 1.82) is 0 Å². The molecule has 2 aromatic rings. The van der Waals surface area contributed by atoms with Crippen LogP contribution in [-0.4, -0.2) is 40.2 Å². The summed E-state index contributed by atoms with van der Waals surface area (Å²) in [5.41, 5.74) is 1.38. The molecule has 1 aliphatic heterocycles. The smallest absolute Gasteiger partial charge is 0.276 e. The minimum Gasteiger partial charge on any atom is -0.376 e. The highest BCUT2D eigenvalue weighted by molar-refractivity contribution is 5.92. The lowest BCUT2D eigenvalue weighted by Gasteiger charge is -2.24. The first-order chi connectivity index (χ1) is 11.6. The first-order valence-electron chi connectivity index (χ1n) is 8.40. The van der Waals surface area contributed by atoms with Gasteiger partial charge in [0.05, 0.1) is 6.10 Å². The molecule has 128 valence electrons. The lowest BCUT2D eigenvalue weighted by atomic mass is 10.1. The van der Waals surface area contributed by atoms with Crippen LogP contribution in [0.4, 0.5) is 0 Å². The van der Waals surface area contributed by atoms with Gasteiger partial charge in [0, 0.05) is 44.1 Å². The van der Waals surface area contributed by atoms with Crippen LogP contribution in [0.1, 0.15) is 54.4 Å². The van der Waals surface area contributed by atoms with Crippen molar-refractivity contribution in [1.82, 2.24) is 15.0 Å². The Kier molecular flexibility index (Phi) is 5.25. The maximum absolute atomic E-state index is 12.9. The van der Waals surface area contributed by atoms with E-state index in [0.717, 1.165) is 30.8 Å². The summed E-state index contributed by atoms with van der Waals surface area (Å²) >= 11 is 0. The molecule has 1 atom stereocenters. The van der Waals surface area contributed by atoms with Gasteiger partial charge in [-0.05, 0) is 30.5 Å². The van der Waals surface area contributed by atoms with Crippen LogP contribution >= 0.6 is 0 Å². The van der Waals surface area contributed by atoms with Crippen molar-refractivity contribution in [3.63, 3.8) is 0 Å². The van der Waals surface area contributed by atoms with Gasteiger partial charge in [-0.15, -0.1) is 0 Å². The van der Waals surface area contributed by atoms with Gasteiger partial charge in [0.25, 0.3) is 5.91 Å². The van der Waals surface area contributed by atoms with Crippen LogP contribution in [0, 0.1) is 0 Å². The highest BCUT2D eigenvalue weighted by atomic mass is 16.5. The first kappa shape index (κ1) is 16.6. The molecule has 1 amide bonds. The van der Waals surface area contributed by atoms with Crippen LogP contribution in [0.15, 0.2) is 35.1 Å². The molecule has 0 aromatic carbocycles. The third-order valence-corrected chi connectivity index (χ3v) is 4.17. The maximum Gasteiger partial charge on any atom is 0.276 e. The Hall–Kier alpha value is -2.21. The second kappa shape index (κ2) is 7.57. The summed E-state index contributed by atoms with van der Waals surface area (Å²) < 4.78 is 11.0. The number of ether oxygens (including phenoxy) is 1. The van der Waals surface area contributed by atoms with Gasteiger partial charge in [-0.2, -0.15) is 0 Å². The van der Waals surface area contributed by atoms with E-state index >= 15 is 0 Å². The molecule has 24 heavy (non-hydrogen) atoms. The van der Waals surface area contributed by atoms with Crippen LogP contribution in [0.25, 0.3) is 0 Å². The lowest BCUT2D eigenvalue weighted by molar-refractivity contribution is 0.0499. The van der Waals surface area contributed by atoms with Crippen LogP contribution in [0.5, 0.6) is 0 Å². The number of carbonyl (C=O) groups excluding carboxylic acids is 1. The summed E-state index contributed by atoms with van der Waals surface area (Å²) in [7, 11) is 0. The third-order valence-electron chi connectivity index (χ3n) is 4.17. The molecule has 0 radical (unpaired) electrons. The van der Waals surface area contributed by atoms with Crippen molar-refractivity contribution in [3.8, 4) is 0 Å². The molecule has 3 heterocycles. The average Bonchev–Trinajstić information content (AvgIpc) is 3.26. The minimum absolute atomic E-state index is 0.0901. The largest absolute Gasteiger partial charge is 0.376 e. The van der Waals surface area contributed by atoms with Crippen LogP contribution in [-0.2, 0) is 11.3 Å². The number of aromatic nitrogens is 2. The zero-order chi connectivity index (χ0) is 16.9. The number of hydrogen-bond acceptors (Lipinski definition) is 5. The number of pyridine rings is 1. The molecule has 0 unspecified atom stereocenters. The predicted molar refractivity (Wildman–Crippen MR) is 88.5 cm³/mol. The van der Waals surface area contributed by atoms with Crippen molar-refractivity contribution in [2.24, 2.45) is 0 Å². The molecule has 6 nitrogen and oxygen atoms in total. The number of nitrogens with zero attached hydrogens (tertiary/aromatic N) is 3.